The number of rotatable bonds is 2. The molecule has 4 nitrogen and oxygen atoms in total. The van der Waals surface area contributed by atoms with Gasteiger partial charge in [-0.25, -0.2) is 4.79 Å². The number of esters is 1. The molecule has 1 aromatic carbocycles. The maximum absolute atomic E-state index is 12.9. The Balaban J connectivity index is 1.93. The highest BCUT2D eigenvalue weighted by molar-refractivity contribution is 6.34. The van der Waals surface area contributed by atoms with Crippen molar-refractivity contribution in [1.29, 1.82) is 0 Å². The average Bonchev–Trinajstić information content (AvgIpc) is 2.79. The molecule has 26 heavy (non-hydrogen) atoms. The van der Waals surface area contributed by atoms with Crippen LogP contribution in [0.2, 0.25) is 5.02 Å². The zero-order valence-electron chi connectivity index (χ0n) is 14.0. The van der Waals surface area contributed by atoms with Crippen molar-refractivity contribution in [1.82, 2.24) is 0 Å². The minimum absolute atomic E-state index is 0.0208. The molecule has 8 heteroatoms. The van der Waals surface area contributed by atoms with Crippen LogP contribution in [0.3, 0.4) is 0 Å². The summed E-state index contributed by atoms with van der Waals surface area (Å²) in [5, 5.41) is 2.41. The first-order valence-corrected chi connectivity index (χ1v) is 8.65. The molecule has 0 radical (unpaired) electrons. The number of carbonyl (C=O) groups is 2. The van der Waals surface area contributed by atoms with Crippen LogP contribution in [-0.2, 0) is 20.5 Å². The van der Waals surface area contributed by atoms with Gasteiger partial charge in [-0.1, -0.05) is 18.0 Å². The Morgan fingerprint density at radius 3 is 2.50 bits per heavy atom. The van der Waals surface area contributed by atoms with Crippen molar-refractivity contribution in [3.63, 3.8) is 0 Å². The van der Waals surface area contributed by atoms with E-state index in [1.807, 2.05) is 0 Å². The fraction of sp³-hybridized carbons (Fsp3) is 0.444. The number of nitrogens with one attached hydrogen (secondary N) is 1. The third-order valence-corrected chi connectivity index (χ3v) is 5.18. The summed E-state index contributed by atoms with van der Waals surface area (Å²) in [6, 6.07) is 2.70. The van der Waals surface area contributed by atoms with E-state index in [4.69, 9.17) is 16.3 Å². The fourth-order valence-electron chi connectivity index (χ4n) is 3.58. The number of hydrogen-bond donors (Lipinski definition) is 1. The summed E-state index contributed by atoms with van der Waals surface area (Å²) in [6.45, 7) is 1.49. The third kappa shape index (κ3) is 3.32. The first kappa shape index (κ1) is 18.8. The summed E-state index contributed by atoms with van der Waals surface area (Å²) in [6.07, 6.45) is -0.920. The molecular weight excluding hydrogens is 371 g/mol. The van der Waals surface area contributed by atoms with Crippen molar-refractivity contribution < 1.29 is 27.5 Å². The highest BCUT2D eigenvalue weighted by atomic mass is 35.5. The van der Waals surface area contributed by atoms with Gasteiger partial charge in [-0.15, -0.1) is 0 Å². The Hall–Kier alpha value is -2.02. The van der Waals surface area contributed by atoms with E-state index >= 15 is 0 Å². The van der Waals surface area contributed by atoms with Crippen molar-refractivity contribution in [2.24, 2.45) is 0 Å². The number of benzene rings is 1. The highest BCUT2D eigenvalue weighted by Gasteiger charge is 2.49. The van der Waals surface area contributed by atoms with Crippen LogP contribution in [0.25, 0.3) is 0 Å². The summed E-state index contributed by atoms with van der Waals surface area (Å²) >= 11 is 5.94. The van der Waals surface area contributed by atoms with Crippen LogP contribution in [0.4, 0.5) is 18.9 Å². The van der Waals surface area contributed by atoms with Crippen LogP contribution in [-0.4, -0.2) is 17.5 Å². The molecule has 2 aliphatic rings. The average molecular weight is 388 g/mol. The minimum Gasteiger partial charge on any atom is -0.451 e. The van der Waals surface area contributed by atoms with Crippen molar-refractivity contribution in [2.45, 2.75) is 50.8 Å². The second-order valence-electron chi connectivity index (χ2n) is 6.59. The molecule has 0 aromatic heterocycles. The van der Waals surface area contributed by atoms with Gasteiger partial charge in [-0.3, -0.25) is 4.79 Å². The minimum atomic E-state index is -4.56. The van der Waals surface area contributed by atoms with Crippen LogP contribution < -0.4 is 5.32 Å². The van der Waals surface area contributed by atoms with Gasteiger partial charge in [-0.2, -0.15) is 13.2 Å². The second kappa shape index (κ2) is 6.61. The van der Waals surface area contributed by atoms with E-state index in [1.54, 1.807) is 0 Å². The van der Waals surface area contributed by atoms with Gasteiger partial charge in [0.05, 0.1) is 21.8 Å². The summed E-state index contributed by atoms with van der Waals surface area (Å²) in [7, 11) is 0. The molecule has 3 rings (SSSR count). The lowest BCUT2D eigenvalue weighted by Gasteiger charge is -2.34. The molecule has 1 N–H and O–H groups in total. The number of alkyl halides is 3. The van der Waals surface area contributed by atoms with Gasteiger partial charge in [0.2, 0.25) is 0 Å². The summed E-state index contributed by atoms with van der Waals surface area (Å²) in [4.78, 5) is 24.8. The molecule has 0 saturated heterocycles. The molecule has 1 amide bonds. The number of halogens is 4. The standard InChI is InChI=1S/C18H17ClF3NO3/c1-10-14(17(26-16(10)25)7-3-2-4-8-17)15(24)23-13-9-11(18(20,21)22)5-6-12(13)19/h5-6,9H,2-4,7-8H2,1H3,(H,23,24). The normalized spacial score (nSPS) is 19.7. The highest BCUT2D eigenvalue weighted by Crippen LogP contribution is 2.44. The number of carbonyl (C=O) groups excluding carboxylic acids is 2. The zero-order chi connectivity index (χ0) is 19.1. The monoisotopic (exact) mass is 387 g/mol. The molecule has 1 heterocycles. The molecule has 0 bridgehead atoms. The molecular formula is C18H17ClF3NO3. The van der Waals surface area contributed by atoms with Crippen LogP contribution in [0.1, 0.15) is 44.6 Å². The van der Waals surface area contributed by atoms with Gasteiger partial charge in [0, 0.05) is 5.57 Å². The predicted octanol–water partition coefficient (Wildman–Crippen LogP) is 4.87. The molecule has 1 aromatic rings. The van der Waals surface area contributed by atoms with Gasteiger partial charge in [0.1, 0.15) is 5.60 Å². The fourth-order valence-corrected chi connectivity index (χ4v) is 3.75. The largest absolute Gasteiger partial charge is 0.451 e. The maximum atomic E-state index is 12.9. The van der Waals surface area contributed by atoms with E-state index < -0.39 is 29.2 Å². The summed E-state index contributed by atoms with van der Waals surface area (Å²) in [5.74, 6) is -1.22. The lowest BCUT2D eigenvalue weighted by Crippen LogP contribution is -2.39. The molecule has 0 atom stereocenters. The van der Waals surface area contributed by atoms with E-state index in [1.165, 1.54) is 6.92 Å². The zero-order valence-corrected chi connectivity index (χ0v) is 14.8. The van der Waals surface area contributed by atoms with E-state index in [2.05, 4.69) is 5.32 Å². The summed E-state index contributed by atoms with van der Waals surface area (Å²) in [5.41, 5.74) is -1.69. The van der Waals surface area contributed by atoms with Gasteiger partial charge in [0.25, 0.3) is 5.91 Å². The first-order chi connectivity index (χ1) is 12.1. The van der Waals surface area contributed by atoms with Crippen LogP contribution in [0, 0.1) is 0 Å². The lowest BCUT2D eigenvalue weighted by molar-refractivity contribution is -0.149. The topological polar surface area (TPSA) is 55.4 Å². The Bertz CT molecular complexity index is 795. The molecule has 1 aliphatic heterocycles. The Kier molecular flexibility index (Phi) is 4.77. The van der Waals surface area contributed by atoms with Crippen LogP contribution >= 0.6 is 11.6 Å². The lowest BCUT2D eigenvalue weighted by atomic mass is 9.78. The Labute approximate surface area is 153 Å². The first-order valence-electron chi connectivity index (χ1n) is 8.27. The summed E-state index contributed by atoms with van der Waals surface area (Å²) < 4.78 is 44.2. The maximum Gasteiger partial charge on any atom is 0.416 e. The SMILES string of the molecule is CC1=C(C(=O)Nc2cc(C(F)(F)F)ccc2Cl)C2(CCCCC2)OC1=O. The third-order valence-electron chi connectivity index (χ3n) is 4.86. The number of anilines is 1. The molecule has 0 unspecified atom stereocenters. The predicted molar refractivity (Wildman–Crippen MR) is 89.7 cm³/mol. The second-order valence-corrected chi connectivity index (χ2v) is 7.00. The van der Waals surface area contributed by atoms with Crippen LogP contribution in [0.15, 0.2) is 29.3 Å². The molecule has 140 valence electrons. The van der Waals surface area contributed by atoms with Gasteiger partial charge in [0.15, 0.2) is 0 Å². The van der Waals surface area contributed by atoms with Gasteiger partial charge >= 0.3 is 12.1 Å². The number of ether oxygens (including phenoxy) is 1. The molecule has 1 fully saturated rings. The Morgan fingerprint density at radius 2 is 1.88 bits per heavy atom. The molecule has 1 saturated carbocycles. The van der Waals surface area contributed by atoms with Crippen LogP contribution in [0.5, 0.6) is 0 Å². The van der Waals surface area contributed by atoms with Gasteiger partial charge in [-0.05, 0) is 50.8 Å². The van der Waals surface area contributed by atoms with Gasteiger partial charge < -0.3 is 10.1 Å². The van der Waals surface area contributed by atoms with E-state index in [0.717, 1.165) is 37.5 Å². The van der Waals surface area contributed by atoms with Crippen molar-refractivity contribution in [2.75, 3.05) is 5.32 Å². The van der Waals surface area contributed by atoms with Crippen molar-refractivity contribution in [3.05, 3.63) is 39.9 Å². The molecule has 1 spiro atoms. The van der Waals surface area contributed by atoms with E-state index in [-0.39, 0.29) is 21.9 Å². The smallest absolute Gasteiger partial charge is 0.416 e. The van der Waals surface area contributed by atoms with E-state index in [9.17, 15) is 22.8 Å². The Morgan fingerprint density at radius 1 is 1.23 bits per heavy atom. The van der Waals surface area contributed by atoms with Crippen molar-refractivity contribution >= 4 is 29.2 Å². The quantitative estimate of drug-likeness (QED) is 0.736. The number of amides is 1. The molecule has 1 aliphatic carbocycles. The van der Waals surface area contributed by atoms with E-state index in [0.29, 0.717) is 12.8 Å². The van der Waals surface area contributed by atoms with Crippen molar-refractivity contribution in [3.8, 4) is 0 Å². The number of hydrogen-bond acceptors (Lipinski definition) is 3.